The number of methoxy groups -OCH3 is 1. The second-order valence-electron chi connectivity index (χ2n) is 5.91. The fraction of sp³-hybridized carbons (Fsp3) is 0.300. The van der Waals surface area contributed by atoms with E-state index in [1.807, 2.05) is 37.3 Å². The molecule has 2 aromatic rings. The summed E-state index contributed by atoms with van der Waals surface area (Å²) in [6, 6.07) is 13.4. The molecule has 2 aromatic carbocycles. The van der Waals surface area contributed by atoms with Gasteiger partial charge in [0, 0.05) is 31.1 Å². The number of carbonyl (C=O) groups is 2. The third-order valence-electron chi connectivity index (χ3n) is 3.96. The Morgan fingerprint density at radius 3 is 2.52 bits per heavy atom. The number of carbonyl (C=O) groups excluding carboxylic acids is 2. The molecule has 5 heteroatoms. The van der Waals surface area contributed by atoms with Crippen molar-refractivity contribution in [2.24, 2.45) is 0 Å². The minimum atomic E-state index is -0.140. The van der Waals surface area contributed by atoms with Gasteiger partial charge in [-0.2, -0.15) is 0 Å². The summed E-state index contributed by atoms with van der Waals surface area (Å²) in [6.45, 7) is 3.85. The number of amides is 2. The van der Waals surface area contributed by atoms with Crippen LogP contribution in [0.4, 0.5) is 5.69 Å². The summed E-state index contributed by atoms with van der Waals surface area (Å²) in [7, 11) is 1.58. The number of ether oxygens (including phenoxy) is 1. The second kappa shape index (κ2) is 8.87. The zero-order valence-corrected chi connectivity index (χ0v) is 14.9. The van der Waals surface area contributed by atoms with E-state index in [1.54, 1.807) is 19.2 Å². The molecule has 0 aliphatic carbocycles. The Labute approximate surface area is 148 Å². The first-order valence-corrected chi connectivity index (χ1v) is 8.25. The lowest BCUT2D eigenvalue weighted by Gasteiger charge is -2.12. The molecule has 0 saturated heterocycles. The monoisotopic (exact) mass is 340 g/mol. The van der Waals surface area contributed by atoms with Crippen LogP contribution in [-0.2, 0) is 22.6 Å². The van der Waals surface area contributed by atoms with Crippen LogP contribution in [-0.4, -0.2) is 18.9 Å². The van der Waals surface area contributed by atoms with Gasteiger partial charge < -0.3 is 15.4 Å². The van der Waals surface area contributed by atoms with E-state index in [9.17, 15) is 9.59 Å². The third kappa shape index (κ3) is 5.64. The Kier molecular flexibility index (Phi) is 6.57. The lowest BCUT2D eigenvalue weighted by atomic mass is 10.0. The van der Waals surface area contributed by atoms with Gasteiger partial charge in [-0.05, 0) is 42.7 Å². The van der Waals surface area contributed by atoms with E-state index < -0.39 is 0 Å². The largest absolute Gasteiger partial charge is 0.496 e. The minimum Gasteiger partial charge on any atom is -0.496 e. The van der Waals surface area contributed by atoms with Crippen molar-refractivity contribution in [2.75, 3.05) is 12.4 Å². The molecule has 132 valence electrons. The van der Waals surface area contributed by atoms with E-state index in [4.69, 9.17) is 4.74 Å². The van der Waals surface area contributed by atoms with Crippen molar-refractivity contribution in [3.63, 3.8) is 0 Å². The first-order chi connectivity index (χ1) is 12.0. The molecular weight excluding hydrogens is 316 g/mol. The standard InChI is InChI=1S/C20H24N2O3/c1-14-6-4-5-7-16(14)8-11-20(24)21-13-17-12-18(22-15(2)23)9-10-19(17)25-3/h4-7,9-10,12H,8,11,13H2,1-3H3,(H,21,24)(H,22,23). The molecule has 0 unspecified atom stereocenters. The molecule has 0 aliphatic heterocycles. The van der Waals surface area contributed by atoms with Gasteiger partial charge in [0.15, 0.2) is 0 Å². The van der Waals surface area contributed by atoms with Gasteiger partial charge in [-0.25, -0.2) is 0 Å². The van der Waals surface area contributed by atoms with Crippen molar-refractivity contribution >= 4 is 17.5 Å². The van der Waals surface area contributed by atoms with Crippen LogP contribution in [0.15, 0.2) is 42.5 Å². The predicted molar refractivity (Wildman–Crippen MR) is 98.6 cm³/mol. The highest BCUT2D eigenvalue weighted by atomic mass is 16.5. The predicted octanol–water partition coefficient (Wildman–Crippen LogP) is 3.21. The molecule has 0 fully saturated rings. The van der Waals surface area contributed by atoms with Gasteiger partial charge in [0.2, 0.25) is 11.8 Å². The average molecular weight is 340 g/mol. The molecule has 0 atom stereocenters. The number of aryl methyl sites for hydroxylation is 2. The lowest BCUT2D eigenvalue weighted by Crippen LogP contribution is -2.23. The molecule has 0 aromatic heterocycles. The molecule has 5 nitrogen and oxygen atoms in total. The molecule has 0 bridgehead atoms. The number of hydrogen-bond donors (Lipinski definition) is 2. The van der Waals surface area contributed by atoms with Crippen LogP contribution in [0.3, 0.4) is 0 Å². The van der Waals surface area contributed by atoms with Gasteiger partial charge in [-0.15, -0.1) is 0 Å². The topological polar surface area (TPSA) is 67.4 Å². The number of nitrogens with one attached hydrogen (secondary N) is 2. The molecule has 25 heavy (non-hydrogen) atoms. The first kappa shape index (κ1) is 18.5. The van der Waals surface area contributed by atoms with E-state index in [0.29, 0.717) is 30.8 Å². The van der Waals surface area contributed by atoms with Crippen molar-refractivity contribution < 1.29 is 14.3 Å². The summed E-state index contributed by atoms with van der Waals surface area (Å²) < 4.78 is 5.32. The van der Waals surface area contributed by atoms with Crippen LogP contribution >= 0.6 is 0 Å². The highest BCUT2D eigenvalue weighted by Gasteiger charge is 2.08. The normalized spacial score (nSPS) is 10.2. The van der Waals surface area contributed by atoms with Crippen LogP contribution in [0.2, 0.25) is 0 Å². The van der Waals surface area contributed by atoms with Gasteiger partial charge in [-0.1, -0.05) is 24.3 Å². The number of rotatable bonds is 7. The van der Waals surface area contributed by atoms with Gasteiger partial charge >= 0.3 is 0 Å². The lowest BCUT2D eigenvalue weighted by molar-refractivity contribution is -0.121. The molecule has 0 aliphatic rings. The van der Waals surface area contributed by atoms with Gasteiger partial charge in [-0.3, -0.25) is 9.59 Å². The fourth-order valence-corrected chi connectivity index (χ4v) is 2.62. The van der Waals surface area contributed by atoms with E-state index in [0.717, 1.165) is 5.56 Å². The average Bonchev–Trinajstić information content (AvgIpc) is 2.59. The van der Waals surface area contributed by atoms with E-state index in [2.05, 4.69) is 10.6 Å². The SMILES string of the molecule is COc1ccc(NC(C)=O)cc1CNC(=O)CCc1ccccc1C. The van der Waals surface area contributed by atoms with Gasteiger partial charge in [0.25, 0.3) is 0 Å². The number of benzene rings is 2. The number of hydrogen-bond acceptors (Lipinski definition) is 3. The molecule has 2 rings (SSSR count). The Hall–Kier alpha value is -2.82. The quantitative estimate of drug-likeness (QED) is 0.813. The minimum absolute atomic E-state index is 0.0183. The van der Waals surface area contributed by atoms with Gasteiger partial charge in [0.05, 0.1) is 7.11 Å². The smallest absolute Gasteiger partial charge is 0.221 e. The summed E-state index contributed by atoms with van der Waals surface area (Å²) in [4.78, 5) is 23.3. The van der Waals surface area contributed by atoms with Crippen molar-refractivity contribution in [3.8, 4) is 5.75 Å². The Balaban J connectivity index is 1.94. The molecule has 2 N–H and O–H groups in total. The summed E-state index contributed by atoms with van der Waals surface area (Å²) in [6.07, 6.45) is 1.14. The Morgan fingerprint density at radius 2 is 1.84 bits per heavy atom. The summed E-state index contributed by atoms with van der Waals surface area (Å²) in [5, 5.41) is 5.64. The van der Waals surface area contributed by atoms with Crippen molar-refractivity contribution in [1.29, 1.82) is 0 Å². The van der Waals surface area contributed by atoms with Crippen LogP contribution in [0.5, 0.6) is 5.75 Å². The Bertz CT molecular complexity index is 756. The number of anilines is 1. The molecule has 2 amide bonds. The zero-order chi connectivity index (χ0) is 18.2. The summed E-state index contributed by atoms with van der Waals surface area (Å²) >= 11 is 0. The highest BCUT2D eigenvalue weighted by Crippen LogP contribution is 2.22. The van der Waals surface area contributed by atoms with Crippen molar-refractivity contribution in [3.05, 3.63) is 59.2 Å². The molecule has 0 radical (unpaired) electrons. The van der Waals surface area contributed by atoms with Crippen molar-refractivity contribution in [2.45, 2.75) is 33.2 Å². The maximum Gasteiger partial charge on any atom is 0.221 e. The van der Waals surface area contributed by atoms with Crippen LogP contribution in [0.25, 0.3) is 0 Å². The maximum atomic E-state index is 12.1. The van der Waals surface area contributed by atoms with Crippen LogP contribution in [0, 0.1) is 6.92 Å². The summed E-state index contributed by atoms with van der Waals surface area (Å²) in [5.41, 5.74) is 3.87. The maximum absolute atomic E-state index is 12.1. The van der Waals surface area contributed by atoms with Crippen molar-refractivity contribution in [1.82, 2.24) is 5.32 Å². The van der Waals surface area contributed by atoms with E-state index >= 15 is 0 Å². The zero-order valence-electron chi connectivity index (χ0n) is 14.9. The fourth-order valence-electron chi connectivity index (χ4n) is 2.62. The third-order valence-corrected chi connectivity index (χ3v) is 3.96. The second-order valence-corrected chi connectivity index (χ2v) is 5.91. The molecule has 0 saturated carbocycles. The van der Waals surface area contributed by atoms with E-state index in [-0.39, 0.29) is 11.8 Å². The van der Waals surface area contributed by atoms with Gasteiger partial charge in [0.1, 0.15) is 5.75 Å². The Morgan fingerprint density at radius 1 is 1.08 bits per heavy atom. The first-order valence-electron chi connectivity index (χ1n) is 8.25. The highest BCUT2D eigenvalue weighted by molar-refractivity contribution is 5.88. The van der Waals surface area contributed by atoms with E-state index in [1.165, 1.54) is 18.1 Å². The summed E-state index contributed by atoms with van der Waals surface area (Å²) in [5.74, 6) is 0.516. The van der Waals surface area contributed by atoms with Crippen LogP contribution in [0.1, 0.15) is 30.0 Å². The molecule has 0 spiro atoms. The molecular formula is C20H24N2O3. The molecule has 0 heterocycles. The van der Waals surface area contributed by atoms with Crippen LogP contribution < -0.4 is 15.4 Å².